The van der Waals surface area contributed by atoms with Crippen molar-refractivity contribution in [3.8, 4) is 5.75 Å². The minimum atomic E-state index is -5.12. The van der Waals surface area contributed by atoms with Crippen molar-refractivity contribution >= 4 is 45.0 Å². The molecule has 17 nitrogen and oxygen atoms in total. The van der Waals surface area contributed by atoms with Gasteiger partial charge in [0.25, 0.3) is 5.91 Å². The number of nitrogens with two attached hydrogens (primary N) is 1. The number of phenols is 1. The zero-order valence-corrected chi connectivity index (χ0v) is 22.6. The molecule has 1 aliphatic heterocycles. The fourth-order valence-electron chi connectivity index (χ4n) is 6.38. The van der Waals surface area contributed by atoms with E-state index in [0.717, 1.165) is 11.0 Å². The van der Waals surface area contributed by atoms with Gasteiger partial charge in [-0.3, -0.25) is 29.4 Å². The van der Waals surface area contributed by atoms with Crippen LogP contribution < -0.4 is 10.6 Å². The second-order valence-electron chi connectivity index (χ2n) is 10.5. The predicted molar refractivity (Wildman–Crippen MR) is 134 cm³/mol. The first-order valence-electron chi connectivity index (χ1n) is 11.8. The summed E-state index contributed by atoms with van der Waals surface area (Å²) >= 11 is 0. The van der Waals surface area contributed by atoms with Gasteiger partial charge in [-0.1, -0.05) is 0 Å². The molecule has 1 unspecified atom stereocenters. The van der Waals surface area contributed by atoms with E-state index in [-0.39, 0.29) is 11.3 Å². The fraction of sp³-hybridized carbons (Fsp3) is 0.435. The first-order chi connectivity index (χ1) is 18.8. The van der Waals surface area contributed by atoms with E-state index in [2.05, 4.69) is 0 Å². The smallest absolute Gasteiger partial charge is 0.402 e. The van der Waals surface area contributed by atoms with E-state index in [1.807, 2.05) is 0 Å². The monoisotopic (exact) mass is 596 g/mol. The Balaban J connectivity index is 1.92. The lowest BCUT2D eigenvalue weighted by atomic mass is 9.54. The average Bonchev–Trinajstić information content (AvgIpc) is 2.84. The summed E-state index contributed by atoms with van der Waals surface area (Å²) in [7, 11) is 0.220. The van der Waals surface area contributed by atoms with Gasteiger partial charge in [0.2, 0.25) is 28.6 Å². The highest BCUT2D eigenvalue weighted by Crippen LogP contribution is 2.60. The molecule has 5 rings (SSSR count). The number of aliphatic hydroxyl groups excluding tert-OH is 2. The highest BCUT2D eigenvalue weighted by molar-refractivity contribution is 7.82. The number of hydrogen-bond acceptors (Lipinski definition) is 15. The van der Waals surface area contributed by atoms with E-state index in [9.17, 15) is 53.3 Å². The summed E-state index contributed by atoms with van der Waals surface area (Å²) in [4.78, 5) is 53.0. The van der Waals surface area contributed by atoms with E-state index < -0.39 is 108 Å². The van der Waals surface area contributed by atoms with Crippen molar-refractivity contribution in [1.82, 2.24) is 4.90 Å². The summed E-state index contributed by atoms with van der Waals surface area (Å²) in [5, 5.41) is 56.8. The summed E-state index contributed by atoms with van der Waals surface area (Å²) in [5.41, 5.74) is -4.25. The van der Waals surface area contributed by atoms with Gasteiger partial charge in [-0.2, -0.15) is 8.42 Å². The number of Topliss-reactive ketones (excluding diaryl/α,β-unsaturated/α-hetero) is 2. The third-order valence-electron chi connectivity index (χ3n) is 8.03. The summed E-state index contributed by atoms with van der Waals surface area (Å²) in [6.07, 6.45) is -2.31. The Kier molecular flexibility index (Phi) is 5.87. The van der Waals surface area contributed by atoms with Crippen molar-refractivity contribution < 1.29 is 56.5 Å². The van der Waals surface area contributed by atoms with Crippen molar-refractivity contribution in [3.05, 3.63) is 44.2 Å². The lowest BCUT2D eigenvalue weighted by molar-refractivity contribution is -0.385. The maximum Gasteiger partial charge on any atom is 0.402 e. The molecule has 0 bridgehead atoms. The van der Waals surface area contributed by atoms with Crippen LogP contribution in [0.25, 0.3) is 5.76 Å². The van der Waals surface area contributed by atoms with Gasteiger partial charge in [0, 0.05) is 37.3 Å². The van der Waals surface area contributed by atoms with Gasteiger partial charge < -0.3 is 31.1 Å². The number of nitro groups is 1. The Morgan fingerprint density at radius 3 is 2.29 bits per heavy atom. The molecule has 1 heterocycles. The molecule has 41 heavy (non-hydrogen) atoms. The van der Waals surface area contributed by atoms with E-state index in [4.69, 9.17) is 14.1 Å². The molecule has 1 aromatic rings. The zero-order chi connectivity index (χ0) is 30.7. The standard InChI is InChI=1S/C23H24N4O13S/c1-25(2)9-6-10(27(35)36)14(28)11-7(9)5-8-12(15(11)29)18(30)22(34)17-16(8)39-41(37,38)40-23(17,26(3)4)20(32)13(19(22)31)21(24)33/h6,8,16-17,28-29,32,34H,5H2,1-4H3,(H2,24,33)/t8-,16?,17+,22+,23+/m1/s1. The number of nitrogens with zero attached hydrogens (tertiary/aromatic N) is 3. The highest BCUT2D eigenvalue weighted by Gasteiger charge is 2.77. The summed E-state index contributed by atoms with van der Waals surface area (Å²) in [6.45, 7) is 0. The number of benzene rings is 1. The summed E-state index contributed by atoms with van der Waals surface area (Å²) < 4.78 is 36.3. The number of carbonyl (C=O) groups excluding carboxylic acids is 3. The second-order valence-corrected chi connectivity index (χ2v) is 11.7. The molecule has 220 valence electrons. The first kappa shape index (κ1) is 28.4. The molecule has 1 aromatic carbocycles. The number of ketones is 2. The largest absolute Gasteiger partial charge is 0.507 e. The van der Waals surface area contributed by atoms with Gasteiger partial charge in [0.05, 0.1) is 22.5 Å². The Hall–Kier alpha value is -4.10. The molecule has 4 aliphatic rings. The van der Waals surface area contributed by atoms with Gasteiger partial charge in [-0.15, -0.1) is 0 Å². The first-order valence-corrected chi connectivity index (χ1v) is 13.2. The SMILES string of the molecule is CN(C)c1cc([N+](=O)[O-])c(O)c2c1C[C@@H]1C(=C2O)C(=O)[C@]2(O)C(=O)C(C(N)=O)=C(O)[C@@]3(N(C)C)OS(=O)(=O)OC1[C@@H]23. The number of aromatic hydroxyl groups is 1. The normalized spacial score (nSPS) is 31.9. The minimum Gasteiger partial charge on any atom is -0.507 e. The molecule has 1 amide bonds. The van der Waals surface area contributed by atoms with E-state index >= 15 is 0 Å². The fourth-order valence-corrected chi connectivity index (χ4v) is 7.58. The van der Waals surface area contributed by atoms with Crippen molar-refractivity contribution in [2.45, 2.75) is 23.9 Å². The Bertz CT molecular complexity index is 1660. The number of nitro benzene ring substituents is 1. The lowest BCUT2D eigenvalue weighted by Gasteiger charge is -2.59. The molecule has 0 radical (unpaired) electrons. The van der Waals surface area contributed by atoms with Gasteiger partial charge in [-0.25, -0.2) is 8.37 Å². The number of aliphatic hydroxyl groups is 3. The number of primary amides is 1. The molecule has 0 aromatic heterocycles. The summed E-state index contributed by atoms with van der Waals surface area (Å²) in [6, 6.07) is 1.01. The molecule has 1 saturated carbocycles. The van der Waals surface area contributed by atoms with Crippen LogP contribution in [0.15, 0.2) is 23.0 Å². The van der Waals surface area contributed by atoms with Crippen molar-refractivity contribution in [1.29, 1.82) is 0 Å². The van der Waals surface area contributed by atoms with Crippen molar-refractivity contribution in [3.63, 3.8) is 0 Å². The van der Waals surface area contributed by atoms with Crippen LogP contribution in [0.5, 0.6) is 5.75 Å². The molecule has 5 atom stereocenters. The summed E-state index contributed by atoms with van der Waals surface area (Å²) in [5.74, 6) is -11.8. The number of likely N-dealkylation sites (N-methyl/N-ethyl adjacent to an activating group) is 1. The van der Waals surface area contributed by atoms with Crippen LogP contribution >= 0.6 is 0 Å². The number of rotatable bonds is 4. The van der Waals surface area contributed by atoms with Gasteiger partial charge >= 0.3 is 16.1 Å². The Labute approximate surface area is 231 Å². The number of hydrogen-bond donors (Lipinski definition) is 5. The van der Waals surface area contributed by atoms with Crippen LogP contribution in [0.3, 0.4) is 0 Å². The van der Waals surface area contributed by atoms with E-state index in [0.29, 0.717) is 0 Å². The molecule has 2 fully saturated rings. The number of anilines is 1. The molecule has 6 N–H and O–H groups in total. The van der Waals surface area contributed by atoms with Gasteiger partial charge in [-0.05, 0) is 26.1 Å². The average molecular weight is 597 g/mol. The predicted octanol–water partition coefficient (Wildman–Crippen LogP) is -1.46. The minimum absolute atomic E-state index is 0.0465. The molecular formula is C23H24N4O13S. The van der Waals surface area contributed by atoms with Crippen LogP contribution in [0.2, 0.25) is 0 Å². The third-order valence-corrected chi connectivity index (χ3v) is 8.95. The molecule has 0 spiro atoms. The van der Waals surface area contributed by atoms with Crippen LogP contribution in [-0.2, 0) is 39.6 Å². The van der Waals surface area contributed by atoms with Crippen molar-refractivity contribution in [2.75, 3.05) is 33.1 Å². The highest BCUT2D eigenvalue weighted by atomic mass is 32.3. The second kappa shape index (κ2) is 8.46. The number of carbonyl (C=O) groups is 3. The van der Waals surface area contributed by atoms with Gasteiger partial charge in [0.1, 0.15) is 11.3 Å². The number of fused-ring (bicyclic) bond motifs is 3. The Morgan fingerprint density at radius 2 is 1.78 bits per heavy atom. The third kappa shape index (κ3) is 3.35. The quantitative estimate of drug-likeness (QED) is 0.115. The molecule has 3 aliphatic carbocycles. The Morgan fingerprint density at radius 1 is 1.17 bits per heavy atom. The zero-order valence-electron chi connectivity index (χ0n) is 21.8. The van der Waals surface area contributed by atoms with Gasteiger partial charge in [0.15, 0.2) is 5.76 Å². The van der Waals surface area contributed by atoms with Crippen molar-refractivity contribution in [2.24, 2.45) is 17.6 Å². The number of amides is 1. The maximum atomic E-state index is 14.1. The van der Waals surface area contributed by atoms with Crippen LogP contribution in [-0.4, -0.2) is 102 Å². The van der Waals surface area contributed by atoms with E-state index in [1.54, 1.807) is 0 Å². The van der Waals surface area contributed by atoms with Crippen LogP contribution in [0, 0.1) is 22.0 Å². The van der Waals surface area contributed by atoms with Crippen LogP contribution in [0.4, 0.5) is 11.4 Å². The molecule has 1 saturated heterocycles. The topological polar surface area (TPSA) is 260 Å². The molecule has 18 heteroatoms. The number of phenolic OH excluding ortho intramolecular Hbond substituents is 1. The maximum absolute atomic E-state index is 14.1. The van der Waals surface area contributed by atoms with E-state index in [1.165, 1.54) is 33.1 Å². The van der Waals surface area contributed by atoms with Crippen LogP contribution in [0.1, 0.15) is 11.1 Å². The lowest BCUT2D eigenvalue weighted by Crippen LogP contribution is -2.79. The molecular weight excluding hydrogens is 572 g/mol.